The van der Waals surface area contributed by atoms with E-state index in [1.54, 1.807) is 13.2 Å². The highest BCUT2D eigenvalue weighted by molar-refractivity contribution is 5.90. The second kappa shape index (κ2) is 4.46. The maximum absolute atomic E-state index is 10.5. The maximum atomic E-state index is 10.5. The number of rotatable bonds is 3. The van der Waals surface area contributed by atoms with Crippen LogP contribution in [-0.2, 0) is 4.79 Å². The number of primary amides is 1. The molecule has 14 heavy (non-hydrogen) atoms. The van der Waals surface area contributed by atoms with Crippen molar-refractivity contribution in [3.05, 3.63) is 35.4 Å². The number of hydrogen-bond acceptors (Lipinski definition) is 2. The van der Waals surface area contributed by atoms with Gasteiger partial charge in [0.15, 0.2) is 0 Å². The van der Waals surface area contributed by atoms with Crippen LogP contribution in [0.15, 0.2) is 24.3 Å². The summed E-state index contributed by atoms with van der Waals surface area (Å²) in [6.07, 6.45) is 3.01. The van der Waals surface area contributed by atoms with E-state index in [4.69, 9.17) is 10.5 Å². The fourth-order valence-electron chi connectivity index (χ4n) is 1.18. The maximum Gasteiger partial charge on any atom is 0.241 e. The molecule has 0 spiro atoms. The summed E-state index contributed by atoms with van der Waals surface area (Å²) in [4.78, 5) is 10.5. The number of nitrogens with two attached hydrogens (primary N) is 1. The van der Waals surface area contributed by atoms with E-state index in [1.165, 1.54) is 6.08 Å². The van der Waals surface area contributed by atoms with Crippen LogP contribution in [0.3, 0.4) is 0 Å². The summed E-state index contributed by atoms with van der Waals surface area (Å²) >= 11 is 0. The van der Waals surface area contributed by atoms with Gasteiger partial charge in [0.2, 0.25) is 5.91 Å². The number of benzene rings is 1. The van der Waals surface area contributed by atoms with Crippen LogP contribution in [0.5, 0.6) is 5.75 Å². The summed E-state index contributed by atoms with van der Waals surface area (Å²) in [6.45, 7) is 1.94. The summed E-state index contributed by atoms with van der Waals surface area (Å²) in [7, 11) is 1.63. The molecule has 0 radical (unpaired) electrons. The van der Waals surface area contributed by atoms with Gasteiger partial charge in [-0.05, 0) is 36.3 Å². The zero-order valence-electron chi connectivity index (χ0n) is 8.28. The van der Waals surface area contributed by atoms with Crippen molar-refractivity contribution in [1.29, 1.82) is 0 Å². The van der Waals surface area contributed by atoms with Crippen LogP contribution >= 0.6 is 0 Å². The second-order valence-electron chi connectivity index (χ2n) is 2.96. The number of amides is 1. The molecule has 1 rings (SSSR count). The quantitative estimate of drug-likeness (QED) is 0.736. The molecule has 2 N–H and O–H groups in total. The molecular weight excluding hydrogens is 178 g/mol. The third-order valence-corrected chi connectivity index (χ3v) is 1.86. The summed E-state index contributed by atoms with van der Waals surface area (Å²) in [5, 5.41) is 0. The molecule has 0 atom stereocenters. The first kappa shape index (κ1) is 10.3. The van der Waals surface area contributed by atoms with E-state index in [-0.39, 0.29) is 0 Å². The summed E-state index contributed by atoms with van der Waals surface area (Å²) in [5.74, 6) is 0.389. The number of ether oxygens (including phenoxy) is 1. The number of carbonyl (C=O) groups is 1. The van der Waals surface area contributed by atoms with Gasteiger partial charge in [-0.1, -0.05) is 6.07 Å². The van der Waals surface area contributed by atoms with Crippen molar-refractivity contribution in [3.8, 4) is 5.75 Å². The fourth-order valence-corrected chi connectivity index (χ4v) is 1.18. The molecule has 0 fully saturated rings. The Morgan fingerprint density at radius 1 is 1.50 bits per heavy atom. The van der Waals surface area contributed by atoms with E-state index in [9.17, 15) is 4.79 Å². The first-order valence-corrected chi connectivity index (χ1v) is 4.25. The number of carbonyl (C=O) groups excluding carboxylic acids is 1. The van der Waals surface area contributed by atoms with E-state index in [0.29, 0.717) is 0 Å². The molecule has 1 aromatic carbocycles. The molecule has 3 nitrogen and oxygen atoms in total. The molecule has 0 bridgehead atoms. The summed E-state index contributed by atoms with van der Waals surface area (Å²) < 4.78 is 5.11. The molecule has 0 saturated carbocycles. The van der Waals surface area contributed by atoms with Crippen molar-refractivity contribution >= 4 is 12.0 Å². The first-order valence-electron chi connectivity index (χ1n) is 4.25. The lowest BCUT2D eigenvalue weighted by atomic mass is 10.1. The van der Waals surface area contributed by atoms with Gasteiger partial charge >= 0.3 is 0 Å². The van der Waals surface area contributed by atoms with Crippen LogP contribution in [0.4, 0.5) is 0 Å². The number of aryl methyl sites for hydroxylation is 1. The molecular formula is C11H13NO2. The largest absolute Gasteiger partial charge is 0.496 e. The van der Waals surface area contributed by atoms with Crippen molar-refractivity contribution in [2.24, 2.45) is 5.73 Å². The Hall–Kier alpha value is -1.77. The Balaban J connectivity index is 2.91. The van der Waals surface area contributed by atoms with Gasteiger partial charge < -0.3 is 10.5 Å². The predicted molar refractivity (Wildman–Crippen MR) is 56.0 cm³/mol. The Kier molecular flexibility index (Phi) is 3.29. The average molecular weight is 191 g/mol. The molecule has 1 amide bonds. The van der Waals surface area contributed by atoms with Crippen LogP contribution in [0, 0.1) is 6.92 Å². The lowest BCUT2D eigenvalue weighted by molar-refractivity contribution is -0.113. The van der Waals surface area contributed by atoms with Crippen molar-refractivity contribution in [2.75, 3.05) is 7.11 Å². The van der Waals surface area contributed by atoms with Crippen LogP contribution in [0.1, 0.15) is 11.1 Å². The summed E-state index contributed by atoms with van der Waals surface area (Å²) in [6, 6.07) is 5.65. The van der Waals surface area contributed by atoms with E-state index in [2.05, 4.69) is 0 Å². The average Bonchev–Trinajstić information content (AvgIpc) is 2.15. The lowest BCUT2D eigenvalue weighted by Gasteiger charge is -2.04. The minimum atomic E-state index is -0.446. The zero-order valence-corrected chi connectivity index (χ0v) is 8.28. The smallest absolute Gasteiger partial charge is 0.241 e. The van der Waals surface area contributed by atoms with Gasteiger partial charge in [0.25, 0.3) is 0 Å². The normalized spacial score (nSPS) is 10.4. The second-order valence-corrected chi connectivity index (χ2v) is 2.96. The zero-order chi connectivity index (χ0) is 10.6. The molecule has 0 aromatic heterocycles. The molecule has 0 unspecified atom stereocenters. The summed E-state index contributed by atoms with van der Waals surface area (Å²) in [5.41, 5.74) is 6.94. The monoisotopic (exact) mass is 191 g/mol. The SMILES string of the molecule is COc1ccc(/C=C\C(N)=O)cc1C. The molecule has 1 aromatic rings. The fraction of sp³-hybridized carbons (Fsp3) is 0.182. The topological polar surface area (TPSA) is 52.3 Å². The van der Waals surface area contributed by atoms with E-state index in [1.807, 2.05) is 25.1 Å². The molecule has 0 saturated heterocycles. The van der Waals surface area contributed by atoms with Crippen LogP contribution in [0.2, 0.25) is 0 Å². The first-order chi connectivity index (χ1) is 6.63. The highest BCUT2D eigenvalue weighted by Gasteiger charge is 1.97. The Morgan fingerprint density at radius 3 is 2.71 bits per heavy atom. The van der Waals surface area contributed by atoms with Gasteiger partial charge in [-0.25, -0.2) is 0 Å². The number of hydrogen-bond donors (Lipinski definition) is 1. The van der Waals surface area contributed by atoms with Gasteiger partial charge in [0.1, 0.15) is 5.75 Å². The third kappa shape index (κ3) is 2.62. The van der Waals surface area contributed by atoms with Gasteiger partial charge in [-0.2, -0.15) is 0 Å². The van der Waals surface area contributed by atoms with Crippen LogP contribution < -0.4 is 10.5 Å². The molecule has 0 aliphatic rings. The van der Waals surface area contributed by atoms with Crippen molar-refractivity contribution in [3.63, 3.8) is 0 Å². The van der Waals surface area contributed by atoms with Crippen LogP contribution in [-0.4, -0.2) is 13.0 Å². The van der Waals surface area contributed by atoms with Crippen molar-refractivity contribution in [1.82, 2.24) is 0 Å². The van der Waals surface area contributed by atoms with Gasteiger partial charge in [-0.15, -0.1) is 0 Å². The molecule has 0 aliphatic carbocycles. The third-order valence-electron chi connectivity index (χ3n) is 1.86. The van der Waals surface area contributed by atoms with E-state index < -0.39 is 5.91 Å². The molecule has 3 heteroatoms. The van der Waals surface area contributed by atoms with Gasteiger partial charge in [0.05, 0.1) is 7.11 Å². The van der Waals surface area contributed by atoms with Gasteiger partial charge in [0, 0.05) is 6.08 Å². The predicted octanol–water partition coefficient (Wildman–Crippen LogP) is 1.50. The van der Waals surface area contributed by atoms with Crippen molar-refractivity contribution in [2.45, 2.75) is 6.92 Å². The lowest BCUT2D eigenvalue weighted by Crippen LogP contribution is -2.05. The minimum absolute atomic E-state index is 0.446. The standard InChI is InChI=1S/C11H13NO2/c1-8-7-9(4-6-11(12)13)3-5-10(8)14-2/h3-7H,1-2H3,(H2,12,13)/b6-4-. The van der Waals surface area contributed by atoms with Crippen molar-refractivity contribution < 1.29 is 9.53 Å². The Labute approximate surface area is 83.2 Å². The Morgan fingerprint density at radius 2 is 2.21 bits per heavy atom. The van der Waals surface area contributed by atoms with Gasteiger partial charge in [-0.3, -0.25) is 4.79 Å². The molecule has 74 valence electrons. The Bertz CT molecular complexity index is 370. The minimum Gasteiger partial charge on any atom is -0.496 e. The molecule has 0 heterocycles. The van der Waals surface area contributed by atoms with E-state index >= 15 is 0 Å². The van der Waals surface area contributed by atoms with Crippen LogP contribution in [0.25, 0.3) is 6.08 Å². The number of methoxy groups -OCH3 is 1. The highest BCUT2D eigenvalue weighted by atomic mass is 16.5. The van der Waals surface area contributed by atoms with E-state index in [0.717, 1.165) is 16.9 Å². The molecule has 0 aliphatic heterocycles. The highest BCUT2D eigenvalue weighted by Crippen LogP contribution is 2.18.